The monoisotopic (exact) mass is 335 g/mol. The van der Waals surface area contributed by atoms with Crippen LogP contribution in [-0.4, -0.2) is 72.6 Å². The first-order valence-corrected chi connectivity index (χ1v) is 8.44. The molecular formula is C14H25NO6S. The molecule has 0 aliphatic rings. The summed E-state index contributed by atoms with van der Waals surface area (Å²) in [7, 11) is -4.03. The van der Waals surface area contributed by atoms with Crippen LogP contribution in [0.4, 0.5) is 0 Å². The topological polar surface area (TPSA) is 118 Å². The Hall–Kier alpha value is -1.03. The van der Waals surface area contributed by atoms with Gasteiger partial charge in [-0.1, -0.05) is 19.1 Å². The van der Waals surface area contributed by atoms with Crippen LogP contribution >= 0.6 is 0 Å². The van der Waals surface area contributed by atoms with E-state index >= 15 is 0 Å². The summed E-state index contributed by atoms with van der Waals surface area (Å²) in [5.74, 6) is 0. The molecule has 0 bridgehead atoms. The van der Waals surface area contributed by atoms with Gasteiger partial charge in [-0.05, 0) is 24.1 Å². The van der Waals surface area contributed by atoms with Crippen molar-refractivity contribution in [2.75, 3.05) is 39.5 Å². The maximum atomic E-state index is 10.6. The fraction of sp³-hybridized carbons (Fsp3) is 0.571. The van der Waals surface area contributed by atoms with Gasteiger partial charge < -0.3 is 15.3 Å². The van der Waals surface area contributed by atoms with E-state index in [1.165, 1.54) is 12.1 Å². The van der Waals surface area contributed by atoms with Crippen molar-refractivity contribution < 1.29 is 28.3 Å². The molecule has 0 amide bonds. The van der Waals surface area contributed by atoms with Crippen molar-refractivity contribution in [1.82, 2.24) is 4.90 Å². The third-order valence-corrected chi connectivity index (χ3v) is 3.75. The Morgan fingerprint density at radius 1 is 0.909 bits per heavy atom. The van der Waals surface area contributed by atoms with Gasteiger partial charge in [0.1, 0.15) is 0 Å². The predicted molar refractivity (Wildman–Crippen MR) is 83.3 cm³/mol. The summed E-state index contributed by atoms with van der Waals surface area (Å²) in [5, 5.41) is 25.5. The van der Waals surface area contributed by atoms with E-state index in [0.29, 0.717) is 19.6 Å². The van der Waals surface area contributed by atoms with E-state index in [1.807, 2.05) is 6.92 Å². The van der Waals surface area contributed by atoms with Crippen molar-refractivity contribution >= 4 is 10.1 Å². The summed E-state index contributed by atoms with van der Waals surface area (Å²) < 4.78 is 29.8. The molecule has 8 heteroatoms. The zero-order valence-electron chi connectivity index (χ0n) is 12.7. The van der Waals surface area contributed by atoms with Crippen LogP contribution in [0, 0.1) is 0 Å². The second kappa shape index (κ2) is 11.5. The van der Waals surface area contributed by atoms with Crippen LogP contribution in [0.15, 0.2) is 29.2 Å². The minimum absolute atomic E-state index is 0.0558. The van der Waals surface area contributed by atoms with E-state index in [2.05, 4.69) is 0 Å². The van der Waals surface area contributed by atoms with E-state index in [9.17, 15) is 8.42 Å². The van der Waals surface area contributed by atoms with Crippen LogP contribution in [0.2, 0.25) is 0 Å². The SMILES string of the molecule is CCc1ccc(S(=O)(=O)O)cc1.OCCN(CCO)CCO. The lowest BCUT2D eigenvalue weighted by Gasteiger charge is -2.17. The summed E-state index contributed by atoms with van der Waals surface area (Å²) in [5.41, 5.74) is 1.04. The maximum absolute atomic E-state index is 10.6. The van der Waals surface area contributed by atoms with Gasteiger partial charge in [-0.25, -0.2) is 0 Å². The number of nitrogens with zero attached hydrogens (tertiary/aromatic N) is 1. The average molecular weight is 335 g/mol. The summed E-state index contributed by atoms with van der Waals surface area (Å²) in [6.07, 6.45) is 0.853. The van der Waals surface area contributed by atoms with Crippen LogP contribution in [0.5, 0.6) is 0 Å². The van der Waals surface area contributed by atoms with E-state index in [1.54, 1.807) is 17.0 Å². The molecule has 0 fully saturated rings. The lowest BCUT2D eigenvalue weighted by Crippen LogP contribution is -2.32. The van der Waals surface area contributed by atoms with Gasteiger partial charge >= 0.3 is 0 Å². The number of aliphatic hydroxyl groups excluding tert-OH is 3. The number of aliphatic hydroxyl groups is 3. The highest BCUT2D eigenvalue weighted by Crippen LogP contribution is 2.09. The first-order valence-electron chi connectivity index (χ1n) is 7.00. The number of benzene rings is 1. The smallest absolute Gasteiger partial charge is 0.294 e. The maximum Gasteiger partial charge on any atom is 0.294 e. The van der Waals surface area contributed by atoms with Gasteiger partial charge in [-0.2, -0.15) is 8.42 Å². The molecule has 0 saturated carbocycles. The molecule has 1 aromatic rings. The second-order valence-electron chi connectivity index (χ2n) is 4.49. The van der Waals surface area contributed by atoms with Crippen LogP contribution in [0.25, 0.3) is 0 Å². The Kier molecular flexibility index (Phi) is 11.0. The Morgan fingerprint density at radius 2 is 1.32 bits per heavy atom. The third kappa shape index (κ3) is 9.08. The van der Waals surface area contributed by atoms with Crippen LogP contribution in [0.3, 0.4) is 0 Å². The number of aryl methyl sites for hydroxylation is 1. The van der Waals surface area contributed by atoms with Gasteiger partial charge in [-0.15, -0.1) is 0 Å². The normalized spacial score (nSPS) is 11.2. The highest BCUT2D eigenvalue weighted by atomic mass is 32.2. The highest BCUT2D eigenvalue weighted by Gasteiger charge is 2.07. The second-order valence-corrected chi connectivity index (χ2v) is 5.91. The summed E-state index contributed by atoms with van der Waals surface area (Å²) in [6.45, 7) is 3.73. The Balaban J connectivity index is 0.000000409. The molecule has 0 heterocycles. The molecule has 0 spiro atoms. The molecule has 0 atom stereocenters. The van der Waals surface area contributed by atoms with Crippen molar-refractivity contribution in [3.05, 3.63) is 29.8 Å². The molecule has 22 heavy (non-hydrogen) atoms. The molecule has 0 aliphatic carbocycles. The molecule has 128 valence electrons. The molecule has 0 aliphatic heterocycles. The Morgan fingerprint density at radius 3 is 1.59 bits per heavy atom. The van der Waals surface area contributed by atoms with Crippen molar-refractivity contribution in [2.45, 2.75) is 18.2 Å². The van der Waals surface area contributed by atoms with Crippen molar-refractivity contribution in [3.8, 4) is 0 Å². The van der Waals surface area contributed by atoms with Gasteiger partial charge in [0, 0.05) is 19.6 Å². The molecule has 0 saturated heterocycles. The average Bonchev–Trinajstić information content (AvgIpc) is 2.48. The largest absolute Gasteiger partial charge is 0.395 e. The first kappa shape index (κ1) is 21.0. The van der Waals surface area contributed by atoms with Crippen molar-refractivity contribution in [2.24, 2.45) is 0 Å². The number of hydrogen-bond donors (Lipinski definition) is 4. The first-order chi connectivity index (χ1) is 10.4. The van der Waals surface area contributed by atoms with Gasteiger partial charge in [0.15, 0.2) is 0 Å². The molecule has 1 rings (SSSR count). The van der Waals surface area contributed by atoms with Crippen LogP contribution < -0.4 is 0 Å². The van der Waals surface area contributed by atoms with Crippen molar-refractivity contribution in [3.63, 3.8) is 0 Å². The fourth-order valence-corrected chi connectivity index (χ4v) is 2.14. The Bertz CT molecular complexity index is 474. The summed E-state index contributed by atoms with van der Waals surface area (Å²) in [6, 6.07) is 6.16. The lowest BCUT2D eigenvalue weighted by atomic mass is 10.2. The Labute approximate surface area is 131 Å². The zero-order valence-corrected chi connectivity index (χ0v) is 13.5. The summed E-state index contributed by atoms with van der Waals surface area (Å²) in [4.78, 5) is 1.74. The minimum Gasteiger partial charge on any atom is -0.395 e. The van der Waals surface area contributed by atoms with Gasteiger partial charge in [0.05, 0.1) is 24.7 Å². The molecule has 1 aromatic carbocycles. The van der Waals surface area contributed by atoms with E-state index < -0.39 is 10.1 Å². The van der Waals surface area contributed by atoms with E-state index in [4.69, 9.17) is 19.9 Å². The van der Waals surface area contributed by atoms with Crippen molar-refractivity contribution in [1.29, 1.82) is 0 Å². The zero-order chi connectivity index (χ0) is 17.0. The molecular weight excluding hydrogens is 310 g/mol. The predicted octanol–water partition coefficient (Wildman–Crippen LogP) is -0.239. The third-order valence-electron chi connectivity index (χ3n) is 2.88. The van der Waals surface area contributed by atoms with Crippen LogP contribution in [0.1, 0.15) is 12.5 Å². The van der Waals surface area contributed by atoms with Gasteiger partial charge in [0.2, 0.25) is 0 Å². The van der Waals surface area contributed by atoms with Gasteiger partial charge in [-0.3, -0.25) is 9.45 Å². The standard InChI is InChI=1S/C8H10O3S.C6H15NO3/c1-2-7-3-5-8(6-4-7)12(9,10)11;8-4-1-7(2-5-9)3-6-10/h3-6H,2H2,1H3,(H,9,10,11);8-10H,1-6H2. The molecule has 0 radical (unpaired) electrons. The van der Waals surface area contributed by atoms with Gasteiger partial charge in [0.25, 0.3) is 10.1 Å². The fourth-order valence-electron chi connectivity index (χ4n) is 1.66. The summed E-state index contributed by atoms with van der Waals surface area (Å²) >= 11 is 0. The number of hydrogen-bond acceptors (Lipinski definition) is 6. The lowest BCUT2D eigenvalue weighted by molar-refractivity contribution is 0.136. The molecule has 7 nitrogen and oxygen atoms in total. The molecule has 0 unspecified atom stereocenters. The molecule has 4 N–H and O–H groups in total. The highest BCUT2D eigenvalue weighted by molar-refractivity contribution is 7.85. The minimum atomic E-state index is -4.03. The molecule has 0 aromatic heterocycles. The van der Waals surface area contributed by atoms with E-state index in [-0.39, 0.29) is 24.7 Å². The van der Waals surface area contributed by atoms with Crippen LogP contribution in [-0.2, 0) is 16.5 Å². The quantitative estimate of drug-likeness (QED) is 0.484. The number of rotatable bonds is 8. The van der Waals surface area contributed by atoms with E-state index in [0.717, 1.165) is 12.0 Å².